The Kier molecular flexibility index (Phi) is 4.57. The highest BCUT2D eigenvalue weighted by atomic mass is 19.4. The van der Waals surface area contributed by atoms with Gasteiger partial charge in [0.05, 0.1) is 25.9 Å². The van der Waals surface area contributed by atoms with Crippen molar-refractivity contribution in [2.45, 2.75) is 31.1 Å². The highest BCUT2D eigenvalue weighted by Crippen LogP contribution is 2.38. The van der Waals surface area contributed by atoms with E-state index >= 15 is 0 Å². The molecule has 0 spiro atoms. The minimum absolute atomic E-state index is 0.0941. The van der Waals surface area contributed by atoms with E-state index in [2.05, 4.69) is 4.90 Å². The third-order valence-corrected chi connectivity index (χ3v) is 5.05. The molecule has 0 radical (unpaired) electrons. The molecule has 0 aromatic heterocycles. The number of rotatable bonds is 3. The number of carbonyl (C=O) groups is 1. The molecule has 2 heterocycles. The fraction of sp³-hybridized carbons (Fsp3) is 0.588. The average molecular weight is 343 g/mol. The number of carbonyl (C=O) groups excluding carboxylic acids is 1. The Morgan fingerprint density at radius 1 is 1.25 bits per heavy atom. The molecule has 2 aliphatic heterocycles. The van der Waals surface area contributed by atoms with Crippen molar-refractivity contribution in [3.05, 3.63) is 29.3 Å². The fourth-order valence-electron chi connectivity index (χ4n) is 3.63. The van der Waals surface area contributed by atoms with E-state index in [0.717, 1.165) is 6.07 Å². The van der Waals surface area contributed by atoms with E-state index in [1.807, 2.05) is 7.05 Å². The molecule has 132 valence electrons. The first-order valence-electron chi connectivity index (χ1n) is 7.90. The zero-order valence-electron chi connectivity index (χ0n) is 13.6. The number of alkyl halides is 3. The number of benzene rings is 1. The number of ketones is 1. The summed E-state index contributed by atoms with van der Waals surface area (Å²) in [5, 5.41) is 0. The molecule has 7 heteroatoms. The van der Waals surface area contributed by atoms with E-state index in [1.54, 1.807) is 0 Å². The molecule has 4 nitrogen and oxygen atoms in total. The first-order chi connectivity index (χ1) is 11.3. The van der Waals surface area contributed by atoms with Gasteiger partial charge in [0, 0.05) is 23.6 Å². The van der Waals surface area contributed by atoms with Gasteiger partial charge in [0.2, 0.25) is 0 Å². The van der Waals surface area contributed by atoms with Crippen molar-refractivity contribution in [2.75, 3.05) is 27.4 Å². The summed E-state index contributed by atoms with van der Waals surface area (Å²) in [7, 11) is 3.19. The van der Waals surface area contributed by atoms with E-state index < -0.39 is 11.7 Å². The molecule has 2 unspecified atom stereocenters. The summed E-state index contributed by atoms with van der Waals surface area (Å²) in [6.07, 6.45) is -3.34. The Morgan fingerprint density at radius 2 is 1.88 bits per heavy atom. The van der Waals surface area contributed by atoms with Crippen LogP contribution in [0.2, 0.25) is 0 Å². The molecule has 0 amide bonds. The van der Waals surface area contributed by atoms with Crippen LogP contribution in [0.1, 0.15) is 28.8 Å². The van der Waals surface area contributed by atoms with Crippen LogP contribution in [0.4, 0.5) is 13.2 Å². The number of nitrogens with zero attached hydrogens (tertiary/aromatic N) is 1. The molecule has 1 aromatic rings. The van der Waals surface area contributed by atoms with Gasteiger partial charge < -0.3 is 9.47 Å². The van der Waals surface area contributed by atoms with Crippen LogP contribution in [-0.4, -0.2) is 50.1 Å². The van der Waals surface area contributed by atoms with Crippen LogP contribution in [0.25, 0.3) is 0 Å². The van der Waals surface area contributed by atoms with Gasteiger partial charge in [-0.15, -0.1) is 0 Å². The van der Waals surface area contributed by atoms with E-state index in [1.165, 1.54) is 19.2 Å². The quantitative estimate of drug-likeness (QED) is 0.791. The predicted octanol–water partition coefficient (Wildman–Crippen LogP) is 3.01. The number of hydrogen-bond acceptors (Lipinski definition) is 4. The second-order valence-corrected chi connectivity index (χ2v) is 6.46. The minimum atomic E-state index is -4.56. The lowest BCUT2D eigenvalue weighted by atomic mass is 9.81. The van der Waals surface area contributed by atoms with Crippen molar-refractivity contribution in [1.29, 1.82) is 0 Å². The Hall–Kier alpha value is -1.60. The molecule has 2 atom stereocenters. The van der Waals surface area contributed by atoms with Crippen LogP contribution in [0, 0.1) is 5.92 Å². The summed E-state index contributed by atoms with van der Waals surface area (Å²) in [6, 6.07) is 3.83. The molecule has 2 saturated heterocycles. The van der Waals surface area contributed by atoms with Gasteiger partial charge in [-0.2, -0.15) is 13.2 Å². The van der Waals surface area contributed by atoms with Gasteiger partial charge in [-0.25, -0.2) is 0 Å². The average Bonchev–Trinajstić information content (AvgIpc) is 2.52. The number of piperidine rings is 1. The van der Waals surface area contributed by atoms with Crippen LogP contribution in [0.15, 0.2) is 18.2 Å². The number of methoxy groups -OCH3 is 1. The second-order valence-electron chi connectivity index (χ2n) is 6.46. The summed E-state index contributed by atoms with van der Waals surface area (Å²) in [4.78, 5) is 15.0. The Bertz CT molecular complexity index is 618. The van der Waals surface area contributed by atoms with E-state index in [-0.39, 0.29) is 35.1 Å². The normalized spacial score (nSPS) is 27.8. The lowest BCUT2D eigenvalue weighted by Crippen LogP contribution is -2.55. The van der Waals surface area contributed by atoms with E-state index in [0.29, 0.717) is 26.1 Å². The van der Waals surface area contributed by atoms with Crippen molar-refractivity contribution >= 4 is 5.78 Å². The van der Waals surface area contributed by atoms with Crippen LogP contribution in [0.5, 0.6) is 5.75 Å². The molecule has 3 rings (SSSR count). The molecule has 0 N–H and O–H groups in total. The van der Waals surface area contributed by atoms with Crippen LogP contribution in [0.3, 0.4) is 0 Å². The lowest BCUT2D eigenvalue weighted by Gasteiger charge is -2.46. The number of ether oxygens (including phenoxy) is 2. The third kappa shape index (κ3) is 3.15. The monoisotopic (exact) mass is 343 g/mol. The SMILES string of the molecule is COc1ccc(C(=O)C2CC3COCC(C2)N3C)cc1C(F)(F)F. The summed E-state index contributed by atoms with van der Waals surface area (Å²) in [6.45, 7) is 1.13. The number of fused-ring (bicyclic) bond motifs is 2. The van der Waals surface area contributed by atoms with Crippen molar-refractivity contribution in [3.8, 4) is 5.75 Å². The molecule has 1 aromatic carbocycles. The summed E-state index contributed by atoms with van der Waals surface area (Å²) >= 11 is 0. The van der Waals surface area contributed by atoms with Crippen molar-refractivity contribution in [2.24, 2.45) is 5.92 Å². The van der Waals surface area contributed by atoms with Gasteiger partial charge >= 0.3 is 6.18 Å². The highest BCUT2D eigenvalue weighted by molar-refractivity contribution is 5.98. The lowest BCUT2D eigenvalue weighted by molar-refractivity contribution is -0.138. The number of Topliss-reactive ketones (excluding diaryl/α,β-unsaturated/α-hetero) is 1. The maximum absolute atomic E-state index is 13.1. The van der Waals surface area contributed by atoms with Crippen LogP contribution in [-0.2, 0) is 10.9 Å². The standard InChI is InChI=1S/C17H20F3NO3/c1-21-12-5-11(6-13(21)9-24-8-12)16(22)10-3-4-15(23-2)14(7-10)17(18,19)20/h3-4,7,11-13H,5-6,8-9H2,1-2H3. The van der Waals surface area contributed by atoms with E-state index in [4.69, 9.17) is 9.47 Å². The molecule has 2 aliphatic rings. The van der Waals surface area contributed by atoms with Crippen molar-refractivity contribution in [1.82, 2.24) is 4.90 Å². The van der Waals surface area contributed by atoms with Crippen molar-refractivity contribution in [3.63, 3.8) is 0 Å². The second kappa shape index (κ2) is 6.37. The summed E-state index contributed by atoms with van der Waals surface area (Å²) in [5.74, 6) is -0.768. The summed E-state index contributed by atoms with van der Waals surface area (Å²) in [5.41, 5.74) is -0.816. The molecule has 2 fully saturated rings. The number of likely N-dealkylation sites (N-methyl/N-ethyl adjacent to an activating group) is 1. The van der Waals surface area contributed by atoms with Gasteiger partial charge in [-0.3, -0.25) is 9.69 Å². The molecular weight excluding hydrogens is 323 g/mol. The van der Waals surface area contributed by atoms with Crippen LogP contribution >= 0.6 is 0 Å². The van der Waals surface area contributed by atoms with Gasteiger partial charge in [0.1, 0.15) is 5.75 Å². The molecule has 0 saturated carbocycles. The maximum atomic E-state index is 13.1. The minimum Gasteiger partial charge on any atom is -0.496 e. The summed E-state index contributed by atoms with van der Waals surface area (Å²) < 4.78 is 49.7. The van der Waals surface area contributed by atoms with Crippen LogP contribution < -0.4 is 4.74 Å². The number of morpholine rings is 1. The Morgan fingerprint density at radius 3 is 2.42 bits per heavy atom. The number of hydrogen-bond donors (Lipinski definition) is 0. The van der Waals surface area contributed by atoms with Gasteiger partial charge in [0.25, 0.3) is 0 Å². The van der Waals surface area contributed by atoms with Gasteiger partial charge in [0.15, 0.2) is 5.78 Å². The highest BCUT2D eigenvalue weighted by Gasteiger charge is 2.40. The van der Waals surface area contributed by atoms with Gasteiger partial charge in [-0.05, 0) is 38.1 Å². The zero-order chi connectivity index (χ0) is 17.5. The fourth-order valence-corrected chi connectivity index (χ4v) is 3.63. The van der Waals surface area contributed by atoms with E-state index in [9.17, 15) is 18.0 Å². The third-order valence-electron chi connectivity index (χ3n) is 5.05. The first kappa shape index (κ1) is 17.2. The molecule has 24 heavy (non-hydrogen) atoms. The number of halogens is 3. The first-order valence-corrected chi connectivity index (χ1v) is 7.90. The Balaban J connectivity index is 1.85. The smallest absolute Gasteiger partial charge is 0.419 e. The largest absolute Gasteiger partial charge is 0.496 e. The molecular formula is C17H20F3NO3. The maximum Gasteiger partial charge on any atom is 0.419 e. The van der Waals surface area contributed by atoms with Crippen molar-refractivity contribution < 1.29 is 27.4 Å². The topological polar surface area (TPSA) is 38.8 Å². The molecule has 2 bridgehead atoms. The predicted molar refractivity (Wildman–Crippen MR) is 81.2 cm³/mol. The molecule has 0 aliphatic carbocycles. The van der Waals surface area contributed by atoms with Gasteiger partial charge in [-0.1, -0.05) is 0 Å². The zero-order valence-corrected chi connectivity index (χ0v) is 13.6. The Labute approximate surface area is 138 Å².